The number of methoxy groups -OCH3 is 1. The van der Waals surface area contributed by atoms with Crippen LogP contribution in [-0.4, -0.2) is 23.0 Å². The summed E-state index contributed by atoms with van der Waals surface area (Å²) in [5.74, 6) is -0.397. The van der Waals surface area contributed by atoms with Gasteiger partial charge >= 0.3 is 5.97 Å². The minimum atomic E-state index is -0.397. The molecule has 0 aliphatic rings. The number of aromatic amines is 1. The molecule has 0 aromatic carbocycles. The summed E-state index contributed by atoms with van der Waals surface area (Å²) in [6, 6.07) is 5.25. The summed E-state index contributed by atoms with van der Waals surface area (Å²) >= 11 is 5.78. The third kappa shape index (κ3) is 2.06. The lowest BCUT2D eigenvalue weighted by Gasteiger charge is -1.96. The molecule has 0 aliphatic heterocycles. The molecule has 0 radical (unpaired) electrons. The van der Waals surface area contributed by atoms with Crippen molar-refractivity contribution in [3.8, 4) is 11.1 Å². The number of ether oxygens (including phenoxy) is 1. The standard InChI is InChI=1S/C11H9ClN2O2/c1-16-11(15)9-4-8(6-14-9)7-2-3-13-10(12)5-7/h2-6,14H,1H3. The van der Waals surface area contributed by atoms with Gasteiger partial charge in [-0.1, -0.05) is 11.6 Å². The fourth-order valence-electron chi connectivity index (χ4n) is 1.37. The molecule has 1 N–H and O–H groups in total. The summed E-state index contributed by atoms with van der Waals surface area (Å²) in [6.45, 7) is 0. The van der Waals surface area contributed by atoms with E-state index in [-0.39, 0.29) is 0 Å². The smallest absolute Gasteiger partial charge is 0.354 e. The largest absolute Gasteiger partial charge is 0.464 e. The molecule has 0 saturated carbocycles. The predicted molar refractivity (Wildman–Crippen MR) is 60.4 cm³/mol. The maximum absolute atomic E-state index is 11.2. The third-order valence-corrected chi connectivity index (χ3v) is 2.35. The fourth-order valence-corrected chi connectivity index (χ4v) is 1.54. The Balaban J connectivity index is 2.35. The third-order valence-electron chi connectivity index (χ3n) is 2.15. The van der Waals surface area contributed by atoms with Crippen molar-refractivity contribution < 1.29 is 9.53 Å². The Labute approximate surface area is 97.2 Å². The first-order valence-electron chi connectivity index (χ1n) is 4.59. The molecule has 2 heterocycles. The van der Waals surface area contributed by atoms with Gasteiger partial charge in [0.2, 0.25) is 0 Å². The molecule has 2 aromatic heterocycles. The van der Waals surface area contributed by atoms with Gasteiger partial charge in [-0.3, -0.25) is 0 Å². The van der Waals surface area contributed by atoms with Crippen LogP contribution in [0.2, 0.25) is 5.15 Å². The van der Waals surface area contributed by atoms with Crippen LogP contribution in [0, 0.1) is 0 Å². The number of nitrogens with zero attached hydrogens (tertiary/aromatic N) is 1. The highest BCUT2D eigenvalue weighted by molar-refractivity contribution is 6.29. The Morgan fingerprint density at radius 2 is 2.25 bits per heavy atom. The molecule has 0 aliphatic carbocycles. The Hall–Kier alpha value is -1.81. The van der Waals surface area contributed by atoms with E-state index >= 15 is 0 Å². The van der Waals surface area contributed by atoms with Crippen molar-refractivity contribution in [2.24, 2.45) is 0 Å². The first kappa shape index (κ1) is 10.7. The number of rotatable bonds is 2. The number of hydrogen-bond donors (Lipinski definition) is 1. The van der Waals surface area contributed by atoms with Crippen molar-refractivity contribution in [3.05, 3.63) is 41.4 Å². The molecule has 5 heteroatoms. The number of nitrogens with one attached hydrogen (secondary N) is 1. The Morgan fingerprint density at radius 3 is 2.94 bits per heavy atom. The Bertz CT molecular complexity index is 522. The Kier molecular flexibility index (Phi) is 2.92. The van der Waals surface area contributed by atoms with Crippen LogP contribution in [0.3, 0.4) is 0 Å². The number of H-pyrrole nitrogens is 1. The van der Waals surface area contributed by atoms with Crippen LogP contribution in [0.15, 0.2) is 30.6 Å². The molecule has 0 unspecified atom stereocenters. The highest BCUT2D eigenvalue weighted by Gasteiger charge is 2.09. The van der Waals surface area contributed by atoms with Crippen LogP contribution in [0.25, 0.3) is 11.1 Å². The van der Waals surface area contributed by atoms with Crippen molar-refractivity contribution in [3.63, 3.8) is 0 Å². The molecular weight excluding hydrogens is 228 g/mol. The van der Waals surface area contributed by atoms with E-state index in [0.29, 0.717) is 10.8 Å². The van der Waals surface area contributed by atoms with E-state index in [9.17, 15) is 4.79 Å². The highest BCUT2D eigenvalue weighted by Crippen LogP contribution is 2.22. The summed E-state index contributed by atoms with van der Waals surface area (Å²) in [5.41, 5.74) is 2.17. The lowest BCUT2D eigenvalue weighted by atomic mass is 10.1. The van der Waals surface area contributed by atoms with Gasteiger partial charge in [0, 0.05) is 18.0 Å². The molecule has 0 spiro atoms. The fraction of sp³-hybridized carbons (Fsp3) is 0.0909. The first-order valence-corrected chi connectivity index (χ1v) is 4.97. The first-order chi connectivity index (χ1) is 7.70. The van der Waals surface area contributed by atoms with Crippen LogP contribution < -0.4 is 0 Å². The van der Waals surface area contributed by atoms with Gasteiger partial charge in [-0.05, 0) is 23.8 Å². The van der Waals surface area contributed by atoms with Crippen LogP contribution >= 0.6 is 11.6 Å². The van der Waals surface area contributed by atoms with Crippen molar-refractivity contribution in [1.82, 2.24) is 9.97 Å². The van der Waals surface area contributed by atoms with Crippen LogP contribution in [0.4, 0.5) is 0 Å². The van der Waals surface area contributed by atoms with Gasteiger partial charge in [-0.25, -0.2) is 9.78 Å². The van der Waals surface area contributed by atoms with E-state index < -0.39 is 5.97 Å². The summed E-state index contributed by atoms with van der Waals surface area (Å²) in [7, 11) is 1.34. The number of carbonyl (C=O) groups is 1. The molecule has 0 saturated heterocycles. The van der Waals surface area contributed by atoms with Gasteiger partial charge in [-0.2, -0.15) is 0 Å². The topological polar surface area (TPSA) is 55.0 Å². The summed E-state index contributed by atoms with van der Waals surface area (Å²) in [4.78, 5) is 18.0. The van der Waals surface area contributed by atoms with Gasteiger partial charge in [0.15, 0.2) is 0 Å². The molecule has 4 nitrogen and oxygen atoms in total. The van der Waals surface area contributed by atoms with E-state index in [0.717, 1.165) is 11.1 Å². The lowest BCUT2D eigenvalue weighted by Crippen LogP contribution is -2.00. The van der Waals surface area contributed by atoms with Gasteiger partial charge in [0.25, 0.3) is 0 Å². The second-order valence-corrected chi connectivity index (χ2v) is 3.55. The molecule has 0 fully saturated rings. The quantitative estimate of drug-likeness (QED) is 0.644. The molecule has 2 aromatic rings. The van der Waals surface area contributed by atoms with Crippen molar-refractivity contribution in [1.29, 1.82) is 0 Å². The van der Waals surface area contributed by atoms with E-state index in [2.05, 4.69) is 14.7 Å². The zero-order chi connectivity index (χ0) is 11.5. The number of pyridine rings is 1. The van der Waals surface area contributed by atoms with Crippen LogP contribution in [0.1, 0.15) is 10.5 Å². The van der Waals surface area contributed by atoms with Gasteiger partial charge in [-0.15, -0.1) is 0 Å². The summed E-state index contributed by atoms with van der Waals surface area (Å²) < 4.78 is 4.60. The molecule has 0 bridgehead atoms. The minimum absolute atomic E-state index is 0.397. The van der Waals surface area contributed by atoms with Gasteiger partial charge in [0.05, 0.1) is 7.11 Å². The van der Waals surface area contributed by atoms with E-state index in [4.69, 9.17) is 11.6 Å². The average Bonchev–Trinajstić information content (AvgIpc) is 2.77. The summed E-state index contributed by atoms with van der Waals surface area (Å²) in [5, 5.41) is 0.415. The van der Waals surface area contributed by atoms with E-state index in [1.165, 1.54) is 7.11 Å². The highest BCUT2D eigenvalue weighted by atomic mass is 35.5. The number of esters is 1. The molecule has 0 atom stereocenters. The summed E-state index contributed by atoms with van der Waals surface area (Å²) in [6.07, 6.45) is 3.33. The minimum Gasteiger partial charge on any atom is -0.464 e. The van der Waals surface area contributed by atoms with Gasteiger partial charge in [0.1, 0.15) is 10.8 Å². The van der Waals surface area contributed by atoms with Crippen molar-refractivity contribution in [2.45, 2.75) is 0 Å². The monoisotopic (exact) mass is 236 g/mol. The SMILES string of the molecule is COC(=O)c1cc(-c2ccnc(Cl)c2)c[nH]1. The lowest BCUT2D eigenvalue weighted by molar-refractivity contribution is 0.0595. The Morgan fingerprint density at radius 1 is 1.44 bits per heavy atom. The van der Waals surface area contributed by atoms with E-state index in [1.807, 2.05) is 6.07 Å². The van der Waals surface area contributed by atoms with Crippen molar-refractivity contribution >= 4 is 17.6 Å². The van der Waals surface area contributed by atoms with E-state index in [1.54, 1.807) is 24.5 Å². The zero-order valence-electron chi connectivity index (χ0n) is 8.53. The average molecular weight is 237 g/mol. The number of halogens is 1. The second kappa shape index (κ2) is 4.37. The molecule has 82 valence electrons. The number of hydrogen-bond acceptors (Lipinski definition) is 3. The number of carbonyl (C=O) groups excluding carboxylic acids is 1. The molecule has 2 rings (SSSR count). The van der Waals surface area contributed by atoms with Crippen molar-refractivity contribution in [2.75, 3.05) is 7.11 Å². The predicted octanol–water partition coefficient (Wildman–Crippen LogP) is 2.52. The normalized spacial score (nSPS) is 10.1. The maximum Gasteiger partial charge on any atom is 0.354 e. The zero-order valence-corrected chi connectivity index (χ0v) is 9.28. The van der Waals surface area contributed by atoms with Crippen LogP contribution in [0.5, 0.6) is 0 Å². The molecule has 0 amide bonds. The number of aromatic nitrogens is 2. The van der Waals surface area contributed by atoms with Gasteiger partial charge < -0.3 is 9.72 Å². The maximum atomic E-state index is 11.2. The molecule has 16 heavy (non-hydrogen) atoms. The molecular formula is C11H9ClN2O2. The second-order valence-electron chi connectivity index (χ2n) is 3.16. The van der Waals surface area contributed by atoms with Crippen LogP contribution in [-0.2, 0) is 4.74 Å².